The molecule has 23 heavy (non-hydrogen) atoms. The third-order valence-electron chi connectivity index (χ3n) is 3.96. The summed E-state index contributed by atoms with van der Waals surface area (Å²) >= 11 is 0. The molecule has 3 N–H and O–H groups in total. The Morgan fingerprint density at radius 1 is 1.04 bits per heavy atom. The Bertz CT molecular complexity index is 581. The standard InChI is InChI=1S/C19H25NO3/c1-14(3-4-15-5-9-17(21)10-6-15)20-13-19(22)16-7-11-18(23-2)12-8-16/h5-12,14,19-22H,3-4,13H2,1-2H3/t14-,19+/m0/s1. The van der Waals surface area contributed by atoms with E-state index in [0.29, 0.717) is 18.3 Å². The predicted molar refractivity (Wildman–Crippen MR) is 91.8 cm³/mol. The lowest BCUT2D eigenvalue weighted by Crippen LogP contribution is -2.30. The molecule has 0 saturated carbocycles. The summed E-state index contributed by atoms with van der Waals surface area (Å²) in [5, 5.41) is 22.9. The molecule has 0 unspecified atom stereocenters. The Morgan fingerprint density at radius 2 is 1.70 bits per heavy atom. The molecule has 2 aromatic rings. The third kappa shape index (κ3) is 5.58. The van der Waals surface area contributed by atoms with E-state index in [1.165, 1.54) is 5.56 Å². The molecule has 4 nitrogen and oxygen atoms in total. The highest BCUT2D eigenvalue weighted by Gasteiger charge is 2.10. The number of benzene rings is 2. The van der Waals surface area contributed by atoms with E-state index < -0.39 is 6.10 Å². The maximum atomic E-state index is 10.2. The summed E-state index contributed by atoms with van der Waals surface area (Å²) in [5.41, 5.74) is 2.08. The smallest absolute Gasteiger partial charge is 0.118 e. The maximum Gasteiger partial charge on any atom is 0.118 e. The topological polar surface area (TPSA) is 61.7 Å². The Morgan fingerprint density at radius 3 is 2.30 bits per heavy atom. The highest BCUT2D eigenvalue weighted by Crippen LogP contribution is 2.17. The van der Waals surface area contributed by atoms with Gasteiger partial charge in [0.05, 0.1) is 13.2 Å². The largest absolute Gasteiger partial charge is 0.508 e. The molecule has 2 atom stereocenters. The Balaban J connectivity index is 1.74. The zero-order valence-electron chi connectivity index (χ0n) is 13.7. The van der Waals surface area contributed by atoms with Crippen molar-refractivity contribution >= 4 is 0 Å². The van der Waals surface area contributed by atoms with Gasteiger partial charge in [-0.15, -0.1) is 0 Å². The molecular formula is C19H25NO3. The van der Waals surface area contributed by atoms with Crippen LogP contribution in [-0.4, -0.2) is 29.9 Å². The molecule has 0 heterocycles. The van der Waals surface area contributed by atoms with E-state index in [0.717, 1.165) is 24.2 Å². The first-order valence-electron chi connectivity index (χ1n) is 7.92. The van der Waals surface area contributed by atoms with E-state index in [1.54, 1.807) is 19.2 Å². The van der Waals surface area contributed by atoms with Crippen molar-refractivity contribution in [1.29, 1.82) is 0 Å². The number of aliphatic hydroxyl groups excluding tert-OH is 1. The predicted octanol–water partition coefficient (Wildman–Crippen LogP) is 3.05. The van der Waals surface area contributed by atoms with E-state index in [4.69, 9.17) is 4.74 Å². The molecule has 0 amide bonds. The van der Waals surface area contributed by atoms with Gasteiger partial charge in [0.15, 0.2) is 0 Å². The summed E-state index contributed by atoms with van der Waals surface area (Å²) < 4.78 is 5.12. The Kier molecular flexibility index (Phi) is 6.44. The molecule has 0 aliphatic rings. The molecule has 4 heteroatoms. The van der Waals surface area contributed by atoms with Crippen LogP contribution in [-0.2, 0) is 6.42 Å². The van der Waals surface area contributed by atoms with Gasteiger partial charge in [0.2, 0.25) is 0 Å². The molecular weight excluding hydrogens is 290 g/mol. The number of phenolic OH excluding ortho intramolecular Hbond substituents is 1. The third-order valence-corrected chi connectivity index (χ3v) is 3.96. The van der Waals surface area contributed by atoms with Gasteiger partial charge in [0.25, 0.3) is 0 Å². The van der Waals surface area contributed by atoms with Crippen molar-refractivity contribution in [3.05, 3.63) is 59.7 Å². The van der Waals surface area contributed by atoms with Gasteiger partial charge in [-0.1, -0.05) is 24.3 Å². The normalized spacial score (nSPS) is 13.5. The van der Waals surface area contributed by atoms with Gasteiger partial charge in [-0.2, -0.15) is 0 Å². The fourth-order valence-corrected chi connectivity index (χ4v) is 2.40. The van der Waals surface area contributed by atoms with Crippen molar-refractivity contribution in [1.82, 2.24) is 5.32 Å². The fraction of sp³-hybridized carbons (Fsp3) is 0.368. The van der Waals surface area contributed by atoms with E-state index in [2.05, 4.69) is 12.2 Å². The van der Waals surface area contributed by atoms with Crippen LogP contribution in [0.1, 0.15) is 30.6 Å². The van der Waals surface area contributed by atoms with Crippen molar-refractivity contribution in [2.24, 2.45) is 0 Å². The molecule has 0 aromatic heterocycles. The second kappa shape index (κ2) is 8.56. The molecule has 0 aliphatic heterocycles. The highest BCUT2D eigenvalue weighted by molar-refractivity contribution is 5.28. The summed E-state index contributed by atoms with van der Waals surface area (Å²) in [6.45, 7) is 2.63. The average molecular weight is 315 g/mol. The summed E-state index contributed by atoms with van der Waals surface area (Å²) in [7, 11) is 1.63. The quantitative estimate of drug-likeness (QED) is 0.701. The first kappa shape index (κ1) is 17.3. The molecule has 0 spiro atoms. The van der Waals surface area contributed by atoms with Gasteiger partial charge >= 0.3 is 0 Å². The van der Waals surface area contributed by atoms with E-state index in [1.807, 2.05) is 36.4 Å². The number of methoxy groups -OCH3 is 1. The maximum absolute atomic E-state index is 10.2. The van der Waals surface area contributed by atoms with E-state index in [9.17, 15) is 10.2 Å². The van der Waals surface area contributed by atoms with Gasteiger partial charge < -0.3 is 20.3 Å². The second-order valence-corrected chi connectivity index (χ2v) is 5.80. The fourth-order valence-electron chi connectivity index (χ4n) is 2.40. The zero-order valence-corrected chi connectivity index (χ0v) is 13.7. The van der Waals surface area contributed by atoms with Gasteiger partial charge in [-0.3, -0.25) is 0 Å². The number of aromatic hydroxyl groups is 1. The molecule has 0 saturated heterocycles. The van der Waals surface area contributed by atoms with Crippen LogP contribution >= 0.6 is 0 Å². The van der Waals surface area contributed by atoms with Crippen molar-refractivity contribution in [3.63, 3.8) is 0 Å². The number of hydrogen-bond donors (Lipinski definition) is 3. The lowest BCUT2D eigenvalue weighted by atomic mass is 10.1. The SMILES string of the molecule is COc1ccc([C@H](O)CN[C@@H](C)CCc2ccc(O)cc2)cc1. The summed E-state index contributed by atoms with van der Waals surface area (Å²) in [6, 6.07) is 15.1. The molecule has 2 rings (SSSR count). The van der Waals surface area contributed by atoms with Crippen molar-refractivity contribution in [2.45, 2.75) is 31.9 Å². The van der Waals surface area contributed by atoms with Crippen LogP contribution in [0.15, 0.2) is 48.5 Å². The van der Waals surface area contributed by atoms with Crippen LogP contribution in [0.3, 0.4) is 0 Å². The minimum Gasteiger partial charge on any atom is -0.508 e. The lowest BCUT2D eigenvalue weighted by molar-refractivity contribution is 0.170. The van der Waals surface area contributed by atoms with Gasteiger partial charge in [0.1, 0.15) is 11.5 Å². The number of ether oxygens (including phenoxy) is 1. The summed E-state index contributed by atoms with van der Waals surface area (Å²) in [4.78, 5) is 0. The number of phenols is 1. The van der Waals surface area contributed by atoms with Gasteiger partial charge in [0, 0.05) is 12.6 Å². The zero-order chi connectivity index (χ0) is 16.7. The highest BCUT2D eigenvalue weighted by atomic mass is 16.5. The van der Waals surface area contributed by atoms with Crippen LogP contribution in [0.2, 0.25) is 0 Å². The number of aryl methyl sites for hydroxylation is 1. The van der Waals surface area contributed by atoms with E-state index in [-0.39, 0.29) is 0 Å². The second-order valence-electron chi connectivity index (χ2n) is 5.80. The van der Waals surface area contributed by atoms with Crippen molar-refractivity contribution in [2.75, 3.05) is 13.7 Å². The molecule has 2 aromatic carbocycles. The van der Waals surface area contributed by atoms with Gasteiger partial charge in [-0.25, -0.2) is 0 Å². The number of rotatable bonds is 8. The Labute approximate surface area is 137 Å². The minimum atomic E-state index is -0.531. The molecule has 0 aliphatic carbocycles. The molecule has 0 bridgehead atoms. The molecule has 0 fully saturated rings. The monoisotopic (exact) mass is 315 g/mol. The van der Waals surface area contributed by atoms with Crippen molar-refractivity contribution < 1.29 is 14.9 Å². The minimum absolute atomic E-state index is 0.294. The number of hydrogen-bond acceptors (Lipinski definition) is 4. The lowest BCUT2D eigenvalue weighted by Gasteiger charge is -2.17. The number of aliphatic hydroxyl groups is 1. The van der Waals surface area contributed by atoms with Crippen molar-refractivity contribution in [3.8, 4) is 11.5 Å². The molecule has 124 valence electrons. The first-order chi connectivity index (χ1) is 11.1. The van der Waals surface area contributed by atoms with Crippen LogP contribution in [0.5, 0.6) is 11.5 Å². The van der Waals surface area contributed by atoms with Crippen LogP contribution in [0.25, 0.3) is 0 Å². The molecule has 0 radical (unpaired) electrons. The van der Waals surface area contributed by atoms with Gasteiger partial charge in [-0.05, 0) is 55.2 Å². The van der Waals surface area contributed by atoms with Crippen LogP contribution < -0.4 is 10.1 Å². The van der Waals surface area contributed by atoms with Crippen LogP contribution in [0.4, 0.5) is 0 Å². The average Bonchev–Trinajstić information content (AvgIpc) is 2.59. The van der Waals surface area contributed by atoms with Crippen LogP contribution in [0, 0.1) is 0 Å². The summed E-state index contributed by atoms with van der Waals surface area (Å²) in [5.74, 6) is 1.08. The first-order valence-corrected chi connectivity index (χ1v) is 7.92. The Hall–Kier alpha value is -2.04. The summed E-state index contributed by atoms with van der Waals surface area (Å²) in [6.07, 6.45) is 1.38. The number of nitrogens with one attached hydrogen (secondary N) is 1. The van der Waals surface area contributed by atoms with E-state index >= 15 is 0 Å².